The zero-order valence-corrected chi connectivity index (χ0v) is 10.9. The van der Waals surface area contributed by atoms with Crippen molar-refractivity contribution in [2.75, 3.05) is 38.6 Å². The number of carbonyl (C=O) groups excluding carboxylic acids is 1. The first-order valence-corrected chi connectivity index (χ1v) is 6.19. The molecule has 7 heteroatoms. The minimum atomic E-state index is -1.10. The normalized spacial score (nSPS) is 14.9. The van der Waals surface area contributed by atoms with Crippen molar-refractivity contribution in [3.8, 4) is 5.75 Å². The molecule has 0 spiro atoms. The van der Waals surface area contributed by atoms with E-state index in [1.165, 1.54) is 18.2 Å². The summed E-state index contributed by atoms with van der Waals surface area (Å²) in [5, 5.41) is 8.85. The van der Waals surface area contributed by atoms with Crippen molar-refractivity contribution in [2.24, 2.45) is 0 Å². The Morgan fingerprint density at radius 3 is 2.65 bits per heavy atom. The van der Waals surface area contributed by atoms with Crippen LogP contribution in [0, 0.1) is 0 Å². The largest absolute Gasteiger partial charge is 0.484 e. The van der Waals surface area contributed by atoms with Crippen molar-refractivity contribution in [1.29, 1.82) is 0 Å². The van der Waals surface area contributed by atoms with Crippen LogP contribution in [0.2, 0.25) is 0 Å². The first kappa shape index (κ1) is 14.1. The van der Waals surface area contributed by atoms with Gasteiger partial charge in [0.1, 0.15) is 5.75 Å². The lowest BCUT2D eigenvalue weighted by molar-refractivity contribution is -0.137. The third-order valence-electron chi connectivity index (χ3n) is 2.98. The molecule has 1 saturated heterocycles. The number of amides is 1. The van der Waals surface area contributed by atoms with Gasteiger partial charge in [-0.05, 0) is 12.1 Å². The van der Waals surface area contributed by atoms with Crippen LogP contribution in [0.3, 0.4) is 0 Å². The summed E-state index contributed by atoms with van der Waals surface area (Å²) >= 11 is 0. The maximum atomic E-state index is 11.9. The Morgan fingerprint density at radius 2 is 2.05 bits per heavy atom. The van der Waals surface area contributed by atoms with E-state index in [2.05, 4.69) is 0 Å². The molecule has 0 aliphatic carbocycles. The number of nitrogens with two attached hydrogens (primary N) is 1. The van der Waals surface area contributed by atoms with Crippen LogP contribution in [0.25, 0.3) is 0 Å². The molecule has 0 aromatic heterocycles. The molecule has 1 aromatic rings. The zero-order chi connectivity index (χ0) is 14.5. The maximum absolute atomic E-state index is 11.9. The number of carboxylic acid groups (broad SMARTS) is 1. The quantitative estimate of drug-likeness (QED) is 0.764. The number of carbonyl (C=O) groups is 2. The van der Waals surface area contributed by atoms with Gasteiger partial charge in [0.15, 0.2) is 6.61 Å². The maximum Gasteiger partial charge on any atom is 0.337 e. The Hall–Kier alpha value is -2.28. The Bertz CT molecular complexity index is 511. The molecule has 2 rings (SSSR count). The highest BCUT2D eigenvalue weighted by Gasteiger charge is 2.17. The summed E-state index contributed by atoms with van der Waals surface area (Å²) in [6.45, 7) is 2.08. The lowest BCUT2D eigenvalue weighted by atomic mass is 10.2. The average Bonchev–Trinajstić information content (AvgIpc) is 2.45. The minimum absolute atomic E-state index is 0.0110. The van der Waals surface area contributed by atoms with Crippen LogP contribution in [-0.4, -0.2) is 54.8 Å². The third-order valence-corrected chi connectivity index (χ3v) is 2.98. The molecule has 0 atom stereocenters. The average molecular weight is 280 g/mol. The van der Waals surface area contributed by atoms with Gasteiger partial charge in [0.2, 0.25) is 0 Å². The number of carboxylic acids is 1. The Balaban J connectivity index is 1.92. The molecule has 0 radical (unpaired) electrons. The predicted octanol–water partition coefficient (Wildman–Crippen LogP) is 0.205. The molecule has 0 bridgehead atoms. The van der Waals surface area contributed by atoms with Crippen molar-refractivity contribution < 1.29 is 24.2 Å². The first-order valence-electron chi connectivity index (χ1n) is 6.19. The van der Waals surface area contributed by atoms with E-state index in [9.17, 15) is 9.59 Å². The van der Waals surface area contributed by atoms with Gasteiger partial charge in [-0.3, -0.25) is 4.79 Å². The van der Waals surface area contributed by atoms with Gasteiger partial charge in [-0.1, -0.05) is 0 Å². The fraction of sp³-hybridized carbons (Fsp3) is 0.385. The highest BCUT2D eigenvalue weighted by atomic mass is 16.5. The van der Waals surface area contributed by atoms with Crippen LogP contribution in [0.1, 0.15) is 10.4 Å². The molecule has 1 heterocycles. The predicted molar refractivity (Wildman–Crippen MR) is 70.7 cm³/mol. The SMILES string of the molecule is Nc1cc(OCC(=O)N2CCOCC2)ccc1C(=O)O. The summed E-state index contributed by atoms with van der Waals surface area (Å²) in [7, 11) is 0. The minimum Gasteiger partial charge on any atom is -0.484 e. The van der Waals surface area contributed by atoms with Crippen LogP contribution < -0.4 is 10.5 Å². The number of rotatable bonds is 4. The number of hydrogen-bond donors (Lipinski definition) is 2. The van der Waals surface area contributed by atoms with Gasteiger partial charge in [0.05, 0.1) is 18.8 Å². The topological polar surface area (TPSA) is 102 Å². The van der Waals surface area contributed by atoms with Crippen molar-refractivity contribution in [3.63, 3.8) is 0 Å². The zero-order valence-electron chi connectivity index (χ0n) is 10.9. The number of nitrogens with zero attached hydrogens (tertiary/aromatic N) is 1. The molecule has 7 nitrogen and oxygen atoms in total. The van der Waals surface area contributed by atoms with E-state index < -0.39 is 5.97 Å². The molecule has 0 unspecified atom stereocenters. The second-order valence-corrected chi connectivity index (χ2v) is 4.34. The van der Waals surface area contributed by atoms with Gasteiger partial charge in [0, 0.05) is 24.8 Å². The van der Waals surface area contributed by atoms with E-state index in [1.807, 2.05) is 0 Å². The van der Waals surface area contributed by atoms with Crippen LogP contribution in [0.5, 0.6) is 5.75 Å². The van der Waals surface area contributed by atoms with Crippen molar-refractivity contribution >= 4 is 17.6 Å². The summed E-state index contributed by atoms with van der Waals surface area (Å²) in [6, 6.07) is 4.23. The number of ether oxygens (including phenoxy) is 2. The fourth-order valence-corrected chi connectivity index (χ4v) is 1.87. The summed E-state index contributed by atoms with van der Waals surface area (Å²) in [5.74, 6) is -0.860. The molecule has 108 valence electrons. The van der Waals surface area contributed by atoms with E-state index in [0.717, 1.165) is 0 Å². The summed E-state index contributed by atoms with van der Waals surface area (Å²) in [6.07, 6.45) is 0. The van der Waals surface area contributed by atoms with Crippen LogP contribution >= 0.6 is 0 Å². The van der Waals surface area contributed by atoms with E-state index in [4.69, 9.17) is 20.3 Å². The van der Waals surface area contributed by atoms with Crippen molar-refractivity contribution in [2.45, 2.75) is 0 Å². The van der Waals surface area contributed by atoms with Gasteiger partial charge >= 0.3 is 5.97 Å². The van der Waals surface area contributed by atoms with Crippen LogP contribution in [-0.2, 0) is 9.53 Å². The Labute approximate surface area is 115 Å². The molecule has 0 saturated carbocycles. The summed E-state index contributed by atoms with van der Waals surface area (Å²) in [4.78, 5) is 24.3. The van der Waals surface area contributed by atoms with E-state index in [1.54, 1.807) is 4.90 Å². The number of nitrogen functional groups attached to an aromatic ring is 1. The standard InChI is InChI=1S/C13H16N2O5/c14-11-7-9(1-2-10(11)13(17)18)20-8-12(16)15-3-5-19-6-4-15/h1-2,7H,3-6,8,14H2,(H,17,18). The van der Waals surface area contributed by atoms with Crippen molar-refractivity contribution in [1.82, 2.24) is 4.90 Å². The third kappa shape index (κ3) is 3.39. The highest BCUT2D eigenvalue weighted by Crippen LogP contribution is 2.20. The smallest absolute Gasteiger partial charge is 0.337 e. The highest BCUT2D eigenvalue weighted by molar-refractivity contribution is 5.93. The number of benzene rings is 1. The monoisotopic (exact) mass is 280 g/mol. The van der Waals surface area contributed by atoms with Gasteiger partial charge < -0.3 is 25.2 Å². The summed E-state index contributed by atoms with van der Waals surface area (Å²) < 4.78 is 10.5. The second-order valence-electron chi connectivity index (χ2n) is 4.34. The Kier molecular flexibility index (Phi) is 4.41. The van der Waals surface area contributed by atoms with Crippen LogP contribution in [0.4, 0.5) is 5.69 Å². The molecular weight excluding hydrogens is 264 g/mol. The fourth-order valence-electron chi connectivity index (χ4n) is 1.87. The lowest BCUT2D eigenvalue weighted by Crippen LogP contribution is -2.42. The molecular formula is C13H16N2O5. The first-order chi connectivity index (χ1) is 9.58. The van der Waals surface area contributed by atoms with Crippen molar-refractivity contribution in [3.05, 3.63) is 23.8 Å². The molecule has 20 heavy (non-hydrogen) atoms. The van der Waals surface area contributed by atoms with E-state index in [-0.39, 0.29) is 23.8 Å². The number of morpholine rings is 1. The lowest BCUT2D eigenvalue weighted by Gasteiger charge is -2.26. The summed E-state index contributed by atoms with van der Waals surface area (Å²) in [5.41, 5.74) is 5.72. The van der Waals surface area contributed by atoms with E-state index in [0.29, 0.717) is 32.1 Å². The van der Waals surface area contributed by atoms with Gasteiger partial charge in [-0.15, -0.1) is 0 Å². The van der Waals surface area contributed by atoms with E-state index >= 15 is 0 Å². The second kappa shape index (κ2) is 6.25. The van der Waals surface area contributed by atoms with Crippen LogP contribution in [0.15, 0.2) is 18.2 Å². The molecule has 1 fully saturated rings. The van der Waals surface area contributed by atoms with Gasteiger partial charge in [-0.25, -0.2) is 4.79 Å². The molecule has 1 aromatic carbocycles. The number of hydrogen-bond acceptors (Lipinski definition) is 5. The molecule has 1 amide bonds. The molecule has 1 aliphatic heterocycles. The number of anilines is 1. The molecule has 3 N–H and O–H groups in total. The number of aromatic carboxylic acids is 1. The Morgan fingerprint density at radius 1 is 1.35 bits per heavy atom. The van der Waals surface area contributed by atoms with Gasteiger partial charge in [-0.2, -0.15) is 0 Å². The van der Waals surface area contributed by atoms with Gasteiger partial charge in [0.25, 0.3) is 5.91 Å². The molecule has 1 aliphatic rings.